The second-order valence-corrected chi connectivity index (χ2v) is 20.4. The molecule has 0 unspecified atom stereocenters. The topological polar surface area (TPSA) is 376 Å². The van der Waals surface area contributed by atoms with E-state index in [1.807, 2.05) is 48.5 Å². The minimum atomic E-state index is -0.509. The van der Waals surface area contributed by atoms with Gasteiger partial charge in [-0.3, -0.25) is 33.9 Å². The van der Waals surface area contributed by atoms with Crippen LogP contribution in [0, 0.1) is 36.7 Å². The summed E-state index contributed by atoms with van der Waals surface area (Å²) in [5.74, 6) is 0. The Morgan fingerprint density at radius 1 is 0.317 bits per heavy atom. The predicted octanol–water partition coefficient (Wildman–Crippen LogP) is 6.87. The SMILES string of the molecule is Cn1c(=O)c2ncc[c-]c2c2ncccc21.Cn1c(=O)c2ncn[c-]c2c2ncccc21.O=c1c2ncc[c-]c2c2ncncc2n1-c1ccccc1.O=c1oc2ncc[c-]c2c2ncccc12.O=c1oc2ncc[c-]c2c2ncncc12.O=c1oc2ncn[c-]c2c2ncncc12.[Ir].[Ir].[Ir].[Ir].[Ir].[Ir]. The van der Waals surface area contributed by atoms with E-state index in [0.717, 1.165) is 22.2 Å². The molecule has 0 aliphatic heterocycles. The van der Waals surface area contributed by atoms with Crippen LogP contribution < -0.4 is 33.6 Å². The van der Waals surface area contributed by atoms with Gasteiger partial charge in [0.15, 0.2) is 0 Å². The Labute approximate surface area is 661 Å². The van der Waals surface area contributed by atoms with Gasteiger partial charge >= 0.3 is 16.9 Å². The molecule has 1 aromatic carbocycles. The number of fused-ring (bicyclic) bond motifs is 18. The van der Waals surface area contributed by atoms with Gasteiger partial charge in [-0.25, -0.2) is 29.3 Å². The van der Waals surface area contributed by atoms with Crippen molar-refractivity contribution in [3.8, 4) is 5.69 Å². The number of aryl methyl sites for hydroxylation is 2. The molecule has 18 heterocycles. The van der Waals surface area contributed by atoms with Crippen LogP contribution in [0.5, 0.6) is 0 Å². The second kappa shape index (κ2) is 35.5. The van der Waals surface area contributed by atoms with Gasteiger partial charge in [0.25, 0.3) is 0 Å². The largest absolute Gasteiger partial charge is 0.453 e. The first-order valence-corrected chi connectivity index (χ1v) is 28.8. The number of para-hydroxylation sites is 1. The Hall–Kier alpha value is -10.6. The summed E-state index contributed by atoms with van der Waals surface area (Å²) in [5, 5.41) is 4.67. The second-order valence-electron chi connectivity index (χ2n) is 20.4. The van der Waals surface area contributed by atoms with Crippen LogP contribution in [0.1, 0.15) is 0 Å². The third-order valence-corrected chi connectivity index (χ3v) is 14.7. The maximum atomic E-state index is 12.8. The molecule has 18 aromatic heterocycles. The normalized spacial score (nSPS) is 10.4. The molecule has 0 bridgehead atoms. The Morgan fingerprint density at radius 2 is 0.702 bits per heavy atom. The zero-order valence-corrected chi connectivity index (χ0v) is 66.8. The van der Waals surface area contributed by atoms with Crippen molar-refractivity contribution in [2.24, 2.45) is 14.1 Å². The molecule has 0 fully saturated rings. The number of benzene rings is 1. The molecule has 0 aliphatic rings. The number of aromatic nitrogens is 20. The van der Waals surface area contributed by atoms with Crippen LogP contribution in [0.2, 0.25) is 0 Å². The maximum Gasteiger partial charge on any atom is 0.330 e. The van der Waals surface area contributed by atoms with Gasteiger partial charge in [-0.2, -0.15) is 0 Å². The van der Waals surface area contributed by atoms with E-state index in [0.29, 0.717) is 98.1 Å². The average Bonchev–Trinajstić information content (AvgIpc) is 0.748. The molecular weight excluding hydrogens is 2410 g/mol. The maximum absolute atomic E-state index is 12.8. The Bertz CT molecular complexity index is 6300. The monoisotopic (exact) mass is 2450 g/mol. The van der Waals surface area contributed by atoms with Crippen molar-refractivity contribution >= 4 is 132 Å². The van der Waals surface area contributed by atoms with Crippen LogP contribution in [-0.2, 0) is 135 Å². The Balaban J connectivity index is 0.000000157. The van der Waals surface area contributed by atoms with Crippen LogP contribution in [0.3, 0.4) is 0 Å². The third kappa shape index (κ3) is 15.8. The van der Waals surface area contributed by atoms with Crippen LogP contribution in [-0.4, -0.2) is 98.4 Å². The molecule has 0 amide bonds. The fourth-order valence-electron chi connectivity index (χ4n) is 10.3. The summed E-state index contributed by atoms with van der Waals surface area (Å²) in [5.41, 5.74) is 6.55. The molecule has 6 radical (unpaired) electrons. The van der Waals surface area contributed by atoms with E-state index in [1.165, 1.54) is 61.0 Å². The van der Waals surface area contributed by atoms with Gasteiger partial charge < -0.3 is 77.2 Å². The zero-order valence-electron chi connectivity index (χ0n) is 52.4. The molecule has 0 saturated carbocycles. The van der Waals surface area contributed by atoms with E-state index in [2.05, 4.69) is 121 Å². The summed E-state index contributed by atoms with van der Waals surface area (Å²) < 4.78 is 19.7. The summed E-state index contributed by atoms with van der Waals surface area (Å²) in [6.45, 7) is 0. The van der Waals surface area contributed by atoms with Gasteiger partial charge in [-0.1, -0.05) is 76.0 Å². The van der Waals surface area contributed by atoms with Crippen molar-refractivity contribution in [3.63, 3.8) is 0 Å². The van der Waals surface area contributed by atoms with Crippen LogP contribution in [0.15, 0.2) is 227 Å². The van der Waals surface area contributed by atoms with Crippen molar-refractivity contribution in [2.45, 2.75) is 0 Å². The van der Waals surface area contributed by atoms with Gasteiger partial charge in [-0.15, -0.1) is 48.5 Å². The van der Waals surface area contributed by atoms with Crippen molar-refractivity contribution in [2.75, 3.05) is 0 Å². The van der Waals surface area contributed by atoms with Crippen LogP contribution in [0.25, 0.3) is 138 Å². The first kappa shape index (κ1) is 79.1. The van der Waals surface area contributed by atoms with Crippen LogP contribution >= 0.6 is 0 Å². The fraction of sp³-hybridized carbons (Fsp3) is 0.0290. The van der Waals surface area contributed by atoms with Gasteiger partial charge in [0.05, 0.1) is 16.3 Å². The van der Waals surface area contributed by atoms with E-state index < -0.39 is 16.9 Å². The summed E-state index contributed by atoms with van der Waals surface area (Å²) in [7, 11) is 3.42. The molecule has 0 aliphatic carbocycles. The number of hydrogen-bond acceptors (Lipinski definition) is 26. The summed E-state index contributed by atoms with van der Waals surface area (Å²) in [6, 6.07) is 38.7. The molecule has 0 atom stereocenters. The van der Waals surface area contributed by atoms with Crippen molar-refractivity contribution in [1.29, 1.82) is 0 Å². The van der Waals surface area contributed by atoms with Crippen molar-refractivity contribution < 1.29 is 134 Å². The Kier molecular flexibility index (Phi) is 27.0. The first-order chi connectivity index (χ1) is 48.0. The number of hydrogen-bond donors (Lipinski definition) is 0. The predicted molar refractivity (Wildman–Crippen MR) is 356 cm³/mol. The van der Waals surface area contributed by atoms with Gasteiger partial charge in [0.1, 0.15) is 36.1 Å². The molecule has 0 saturated heterocycles. The van der Waals surface area contributed by atoms with E-state index in [-0.39, 0.29) is 154 Å². The summed E-state index contributed by atoms with van der Waals surface area (Å²) in [4.78, 5) is 139. The zero-order chi connectivity index (χ0) is 67.2. The molecule has 35 heteroatoms. The third-order valence-electron chi connectivity index (χ3n) is 14.7. The molecular formula is C69H36Ir6N20O9-6. The van der Waals surface area contributed by atoms with Gasteiger partial charge in [-0.05, 0) is 60.2 Å². The van der Waals surface area contributed by atoms with E-state index in [9.17, 15) is 28.8 Å². The average molecular weight is 2440 g/mol. The molecule has 19 rings (SSSR count). The molecule has 19 aromatic rings. The molecule has 0 spiro atoms. The Morgan fingerprint density at radius 3 is 1.26 bits per heavy atom. The number of rotatable bonds is 1. The van der Waals surface area contributed by atoms with E-state index >= 15 is 0 Å². The van der Waals surface area contributed by atoms with E-state index in [4.69, 9.17) is 13.3 Å². The minimum absolute atomic E-state index is 0. The standard InChI is InChI=1S/C16H9N4O.C12H8N3O.C11H7N4O.C11H5N2O2.C10H4N3O2.C9H3N4O2.6Ir/c21-16-15-12(7-4-8-18-15)14-13(9-17-10-19-14)20(16)11-5-2-1-3-6-11;1-15-9-5-3-7-13-10(9)8-4-2-6-14-11(8)12(15)16;1-15-8-3-2-4-13-9(8)7-5-12-6-14-10(7)11(15)16;14-11-8-4-2-5-12-9(8)7-3-1-6-13-10(7)15-11;14-10-7-4-11-5-13-8(7)6-2-1-3-12-9(6)15-10;14-9-6-2-11-3-12-7(6)5-1-10-4-13-8(5)15-9;;;;;;/h1-6,8-10H;2-3,5-7H,1H3;2-4,6H,1H3;1-2,4-6H;1,3-5H;2-4H;;;;;;/q6*-1;;;;;;. The molecule has 0 N–H and O–H groups in total. The molecule has 104 heavy (non-hydrogen) atoms. The van der Waals surface area contributed by atoms with Gasteiger partial charge in [0.2, 0.25) is 16.7 Å². The smallest absolute Gasteiger partial charge is 0.330 e. The number of nitrogens with zero attached hydrogens (tertiary/aromatic N) is 20. The van der Waals surface area contributed by atoms with Crippen molar-refractivity contribution in [1.82, 2.24) is 98.4 Å². The number of pyridine rings is 10. The van der Waals surface area contributed by atoms with Crippen molar-refractivity contribution in [3.05, 3.63) is 284 Å². The quantitative estimate of drug-likeness (QED) is 0.119. The summed E-state index contributed by atoms with van der Waals surface area (Å²) >= 11 is 0. The van der Waals surface area contributed by atoms with Crippen LogP contribution in [0.4, 0.5) is 0 Å². The molecule has 526 valence electrons. The fourth-order valence-corrected chi connectivity index (χ4v) is 10.3. The minimum Gasteiger partial charge on any atom is -0.453 e. The summed E-state index contributed by atoms with van der Waals surface area (Å²) in [6.07, 6.45) is 27.9. The van der Waals surface area contributed by atoms with Gasteiger partial charge in [0, 0.05) is 256 Å². The first-order valence-electron chi connectivity index (χ1n) is 28.8. The van der Waals surface area contributed by atoms with E-state index in [1.54, 1.807) is 103 Å². The molecule has 29 nitrogen and oxygen atoms in total.